The molecule has 1 nitrogen and oxygen atoms in total. The highest BCUT2D eigenvalue weighted by molar-refractivity contribution is 5.99. The molecule has 16 heavy (non-hydrogen) atoms. The molecule has 1 fully saturated rings. The summed E-state index contributed by atoms with van der Waals surface area (Å²) in [4.78, 5) is 11.3. The first-order valence-corrected chi connectivity index (χ1v) is 5.57. The third-order valence-electron chi connectivity index (χ3n) is 2.99. The fourth-order valence-electron chi connectivity index (χ4n) is 1.67. The molecule has 0 aliphatic heterocycles. The summed E-state index contributed by atoms with van der Waals surface area (Å²) in [5, 5.41) is 0. The van der Waals surface area contributed by atoms with Gasteiger partial charge in [0, 0.05) is 11.8 Å². The fraction of sp³-hybridized carbons (Fsp3) is 0.400. The average molecular weight is 214 g/mol. The van der Waals surface area contributed by atoms with Crippen molar-refractivity contribution in [3.8, 4) is 12.3 Å². The zero-order chi connectivity index (χ0) is 12.1. The molecule has 1 heteroatoms. The van der Waals surface area contributed by atoms with Crippen molar-refractivity contribution in [2.45, 2.75) is 27.2 Å². The minimum absolute atomic E-state index is 0.242. The normalized spacial score (nSPS) is 23.8. The first-order chi connectivity index (χ1) is 7.57. The molecule has 84 valence electrons. The highest BCUT2D eigenvalue weighted by Crippen LogP contribution is 2.38. The molecule has 0 aromatic rings. The van der Waals surface area contributed by atoms with Gasteiger partial charge in [-0.05, 0) is 31.9 Å². The van der Waals surface area contributed by atoms with Crippen LogP contribution in [0.4, 0.5) is 0 Å². The smallest absolute Gasteiger partial charge is 0.140 e. The number of rotatable bonds is 4. The Hall–Kier alpha value is -1.55. The Kier molecular flexibility index (Phi) is 4.31. The molecule has 0 N–H and O–H groups in total. The molecule has 0 radical (unpaired) electrons. The number of hydrogen-bond donors (Lipinski definition) is 0. The summed E-state index contributed by atoms with van der Waals surface area (Å²) in [6.45, 7) is 6.14. The lowest BCUT2D eigenvalue weighted by Crippen LogP contribution is -1.88. The van der Waals surface area contributed by atoms with E-state index >= 15 is 0 Å². The number of allylic oxidation sites excluding steroid dienone is 6. The zero-order valence-corrected chi connectivity index (χ0v) is 10.2. The van der Waals surface area contributed by atoms with Crippen molar-refractivity contribution in [3.63, 3.8) is 0 Å². The second kappa shape index (κ2) is 5.51. The van der Waals surface area contributed by atoms with Crippen molar-refractivity contribution in [2.75, 3.05) is 0 Å². The van der Waals surface area contributed by atoms with Gasteiger partial charge in [-0.15, -0.1) is 6.42 Å². The second-order valence-corrected chi connectivity index (χ2v) is 4.41. The van der Waals surface area contributed by atoms with Gasteiger partial charge in [0.25, 0.3) is 0 Å². The van der Waals surface area contributed by atoms with E-state index in [2.05, 4.69) is 19.8 Å². The molecule has 0 bridgehead atoms. The molecule has 0 saturated heterocycles. The van der Waals surface area contributed by atoms with Crippen molar-refractivity contribution in [1.82, 2.24) is 0 Å². The lowest BCUT2D eigenvalue weighted by atomic mass is 10.0. The Morgan fingerprint density at radius 1 is 1.44 bits per heavy atom. The number of hydrogen-bond acceptors (Lipinski definition) is 1. The van der Waals surface area contributed by atoms with E-state index in [4.69, 9.17) is 6.42 Å². The zero-order valence-electron chi connectivity index (χ0n) is 10.2. The summed E-state index contributed by atoms with van der Waals surface area (Å²) < 4.78 is 0. The summed E-state index contributed by atoms with van der Waals surface area (Å²) in [7, 11) is 0. The SMILES string of the molecule is C#C/C=C\C=C/C(C[C@H]1C(=O)C1C)=C(C)C. The Balaban J connectivity index is 2.61. The first-order valence-electron chi connectivity index (χ1n) is 5.57. The van der Waals surface area contributed by atoms with E-state index in [0.717, 1.165) is 6.42 Å². The lowest BCUT2D eigenvalue weighted by Gasteiger charge is -2.02. The van der Waals surface area contributed by atoms with Gasteiger partial charge in [-0.1, -0.05) is 36.6 Å². The summed E-state index contributed by atoms with van der Waals surface area (Å²) in [6.07, 6.45) is 13.4. The molecule has 1 aliphatic rings. The minimum Gasteiger partial charge on any atom is -0.299 e. The molecule has 0 spiro atoms. The Bertz CT molecular complexity index is 398. The van der Waals surface area contributed by atoms with E-state index in [9.17, 15) is 4.79 Å². The van der Waals surface area contributed by atoms with Crippen LogP contribution in [0.1, 0.15) is 27.2 Å². The lowest BCUT2D eigenvalue weighted by molar-refractivity contribution is -0.111. The van der Waals surface area contributed by atoms with E-state index in [1.54, 1.807) is 6.08 Å². The van der Waals surface area contributed by atoms with E-state index in [1.165, 1.54) is 11.1 Å². The predicted molar refractivity (Wildman–Crippen MR) is 67.8 cm³/mol. The third-order valence-corrected chi connectivity index (χ3v) is 2.99. The summed E-state index contributed by atoms with van der Waals surface area (Å²) >= 11 is 0. The van der Waals surface area contributed by atoms with Gasteiger partial charge in [0.05, 0.1) is 0 Å². The van der Waals surface area contributed by atoms with E-state index in [-0.39, 0.29) is 11.8 Å². The number of terminal acetylenes is 1. The Morgan fingerprint density at radius 3 is 2.50 bits per heavy atom. The van der Waals surface area contributed by atoms with Crippen LogP contribution >= 0.6 is 0 Å². The number of Topliss-reactive ketones (excluding diaryl/α,β-unsaturated/α-hetero) is 1. The molecular formula is C15H18O. The van der Waals surface area contributed by atoms with Crippen LogP contribution in [0.25, 0.3) is 0 Å². The summed E-state index contributed by atoms with van der Waals surface area (Å²) in [6, 6.07) is 0. The average Bonchev–Trinajstić information content (AvgIpc) is 2.80. The van der Waals surface area contributed by atoms with Crippen molar-refractivity contribution < 1.29 is 4.79 Å². The third kappa shape index (κ3) is 3.24. The van der Waals surface area contributed by atoms with Gasteiger partial charge < -0.3 is 0 Å². The molecular weight excluding hydrogens is 196 g/mol. The van der Waals surface area contributed by atoms with Crippen molar-refractivity contribution in [2.24, 2.45) is 11.8 Å². The van der Waals surface area contributed by atoms with Crippen molar-refractivity contribution >= 4 is 5.78 Å². The van der Waals surface area contributed by atoms with Crippen LogP contribution in [-0.4, -0.2) is 5.78 Å². The fourth-order valence-corrected chi connectivity index (χ4v) is 1.67. The second-order valence-electron chi connectivity index (χ2n) is 4.41. The molecule has 1 saturated carbocycles. The van der Waals surface area contributed by atoms with Crippen molar-refractivity contribution in [3.05, 3.63) is 35.5 Å². The number of carbonyl (C=O) groups is 1. The van der Waals surface area contributed by atoms with Gasteiger partial charge in [0.2, 0.25) is 0 Å². The molecule has 0 aromatic heterocycles. The molecule has 2 atom stereocenters. The summed E-state index contributed by atoms with van der Waals surface area (Å²) in [5.41, 5.74) is 2.50. The quantitative estimate of drug-likeness (QED) is 0.518. The van der Waals surface area contributed by atoms with Gasteiger partial charge in [-0.3, -0.25) is 4.79 Å². The maximum absolute atomic E-state index is 11.3. The highest BCUT2D eigenvalue weighted by atomic mass is 16.1. The monoisotopic (exact) mass is 214 g/mol. The first kappa shape index (κ1) is 12.5. The number of carbonyl (C=O) groups excluding carboxylic acids is 1. The van der Waals surface area contributed by atoms with Crippen LogP contribution in [0.5, 0.6) is 0 Å². The molecule has 0 amide bonds. The number of ketones is 1. The van der Waals surface area contributed by atoms with Gasteiger partial charge in [0.1, 0.15) is 5.78 Å². The maximum atomic E-state index is 11.3. The maximum Gasteiger partial charge on any atom is 0.140 e. The van der Waals surface area contributed by atoms with E-state index in [1.807, 2.05) is 25.2 Å². The molecule has 0 aromatic carbocycles. The molecule has 0 heterocycles. The Morgan fingerprint density at radius 2 is 2.06 bits per heavy atom. The van der Waals surface area contributed by atoms with Crippen LogP contribution in [0.15, 0.2) is 35.5 Å². The highest BCUT2D eigenvalue weighted by Gasteiger charge is 2.44. The predicted octanol–water partition coefficient (Wildman–Crippen LogP) is 3.29. The molecule has 1 aliphatic carbocycles. The standard InChI is InChI=1S/C15H18O/c1-5-6-7-8-9-13(11(2)3)10-14-12(4)15(14)16/h1,6-9,12,14H,10H2,2-4H3/b7-6-,9-8-/t12?,14-/m1/s1. The largest absolute Gasteiger partial charge is 0.299 e. The van der Waals surface area contributed by atoms with Gasteiger partial charge >= 0.3 is 0 Å². The van der Waals surface area contributed by atoms with Crippen molar-refractivity contribution in [1.29, 1.82) is 0 Å². The molecule has 1 rings (SSSR count). The van der Waals surface area contributed by atoms with Gasteiger partial charge in [0.15, 0.2) is 0 Å². The van der Waals surface area contributed by atoms with Crippen LogP contribution in [-0.2, 0) is 4.79 Å². The van der Waals surface area contributed by atoms with E-state index in [0.29, 0.717) is 5.78 Å². The van der Waals surface area contributed by atoms with Crippen LogP contribution in [0, 0.1) is 24.2 Å². The Labute approximate surface area is 97.9 Å². The van der Waals surface area contributed by atoms with Crippen LogP contribution < -0.4 is 0 Å². The van der Waals surface area contributed by atoms with Crippen LogP contribution in [0.2, 0.25) is 0 Å². The summed E-state index contributed by atoms with van der Waals surface area (Å²) in [5.74, 6) is 3.33. The molecule has 1 unspecified atom stereocenters. The van der Waals surface area contributed by atoms with Gasteiger partial charge in [-0.25, -0.2) is 0 Å². The van der Waals surface area contributed by atoms with Gasteiger partial charge in [-0.2, -0.15) is 0 Å². The minimum atomic E-state index is 0.242. The topological polar surface area (TPSA) is 17.1 Å². The van der Waals surface area contributed by atoms with Crippen LogP contribution in [0.3, 0.4) is 0 Å². The van der Waals surface area contributed by atoms with E-state index < -0.39 is 0 Å².